The topological polar surface area (TPSA) is 41.1 Å². The highest BCUT2D eigenvalue weighted by atomic mass is 16.2. The van der Waals surface area contributed by atoms with E-state index in [1.54, 1.807) is 0 Å². The number of carbonyl (C=O) groups is 1. The summed E-state index contributed by atoms with van der Waals surface area (Å²) in [6.45, 7) is 5.11. The van der Waals surface area contributed by atoms with Gasteiger partial charge < -0.3 is 10.6 Å². The van der Waals surface area contributed by atoms with Gasteiger partial charge in [0.25, 0.3) is 0 Å². The molecule has 0 radical (unpaired) electrons. The second-order valence-electron chi connectivity index (χ2n) is 4.52. The zero-order valence-electron chi connectivity index (χ0n) is 10.0. The van der Waals surface area contributed by atoms with Crippen LogP contribution in [0.1, 0.15) is 52.4 Å². The van der Waals surface area contributed by atoms with Crippen molar-refractivity contribution >= 4 is 5.91 Å². The van der Waals surface area contributed by atoms with Gasteiger partial charge in [-0.15, -0.1) is 0 Å². The normalized spacial score (nSPS) is 17.5. The van der Waals surface area contributed by atoms with Crippen molar-refractivity contribution in [1.29, 1.82) is 0 Å². The van der Waals surface area contributed by atoms with E-state index in [2.05, 4.69) is 17.6 Å². The first-order valence-electron chi connectivity index (χ1n) is 6.27. The molecule has 0 aromatic rings. The van der Waals surface area contributed by atoms with Crippen LogP contribution in [0.4, 0.5) is 0 Å². The number of unbranched alkanes of at least 4 members (excludes halogenated alkanes) is 3. The van der Waals surface area contributed by atoms with Crippen LogP contribution in [-0.4, -0.2) is 24.5 Å². The average Bonchev–Trinajstić information content (AvgIpc) is 3.01. The zero-order valence-corrected chi connectivity index (χ0v) is 10.0. The number of nitrogens with one attached hydrogen (secondary N) is 2. The number of amides is 1. The van der Waals surface area contributed by atoms with Gasteiger partial charge in [-0.3, -0.25) is 4.79 Å². The van der Waals surface area contributed by atoms with Gasteiger partial charge in [0.2, 0.25) is 5.91 Å². The van der Waals surface area contributed by atoms with Crippen molar-refractivity contribution in [3.8, 4) is 0 Å². The Balaban J connectivity index is 1.96. The Morgan fingerprint density at radius 3 is 2.67 bits per heavy atom. The maximum Gasteiger partial charge on any atom is 0.237 e. The van der Waals surface area contributed by atoms with Gasteiger partial charge in [-0.05, 0) is 32.7 Å². The van der Waals surface area contributed by atoms with Crippen LogP contribution in [0, 0.1) is 0 Å². The fourth-order valence-corrected chi connectivity index (χ4v) is 1.52. The van der Waals surface area contributed by atoms with Crippen molar-refractivity contribution in [3.63, 3.8) is 0 Å². The van der Waals surface area contributed by atoms with Crippen LogP contribution in [0.15, 0.2) is 0 Å². The largest absolute Gasteiger partial charge is 0.352 e. The highest BCUT2D eigenvalue weighted by molar-refractivity contribution is 5.81. The molecule has 0 aromatic carbocycles. The monoisotopic (exact) mass is 212 g/mol. The minimum absolute atomic E-state index is 0.0350. The summed E-state index contributed by atoms with van der Waals surface area (Å²) in [4.78, 5) is 11.5. The molecule has 15 heavy (non-hydrogen) atoms. The van der Waals surface area contributed by atoms with Crippen LogP contribution in [0.25, 0.3) is 0 Å². The highest BCUT2D eigenvalue weighted by Crippen LogP contribution is 2.18. The SMILES string of the molecule is CCCCCCNC(C)C(=O)NC1CC1. The molecule has 2 N–H and O–H groups in total. The lowest BCUT2D eigenvalue weighted by Crippen LogP contribution is -2.43. The standard InChI is InChI=1S/C12H24N2O/c1-3-4-5-6-9-13-10(2)12(15)14-11-7-8-11/h10-11,13H,3-9H2,1-2H3,(H,14,15). The van der Waals surface area contributed by atoms with Crippen molar-refractivity contribution in [1.82, 2.24) is 10.6 Å². The van der Waals surface area contributed by atoms with Gasteiger partial charge in [-0.2, -0.15) is 0 Å². The first kappa shape index (κ1) is 12.5. The number of carbonyl (C=O) groups excluding carboxylic acids is 1. The third-order valence-corrected chi connectivity index (χ3v) is 2.80. The average molecular weight is 212 g/mol. The van der Waals surface area contributed by atoms with Crippen molar-refractivity contribution in [2.45, 2.75) is 64.5 Å². The first-order valence-corrected chi connectivity index (χ1v) is 6.27. The first-order chi connectivity index (χ1) is 7.24. The van der Waals surface area contributed by atoms with E-state index in [1.165, 1.54) is 25.7 Å². The van der Waals surface area contributed by atoms with Crippen LogP contribution in [0.5, 0.6) is 0 Å². The summed E-state index contributed by atoms with van der Waals surface area (Å²) >= 11 is 0. The van der Waals surface area contributed by atoms with E-state index in [9.17, 15) is 4.79 Å². The van der Waals surface area contributed by atoms with Crippen LogP contribution in [0.2, 0.25) is 0 Å². The Kier molecular flexibility index (Phi) is 5.69. The maximum absolute atomic E-state index is 11.5. The lowest BCUT2D eigenvalue weighted by Gasteiger charge is -2.13. The molecule has 1 saturated carbocycles. The van der Waals surface area contributed by atoms with Gasteiger partial charge in [0.15, 0.2) is 0 Å². The predicted octanol–water partition coefficient (Wildman–Crippen LogP) is 1.82. The Labute approximate surface area is 93.0 Å². The number of hydrogen-bond acceptors (Lipinski definition) is 2. The summed E-state index contributed by atoms with van der Waals surface area (Å²) in [5.41, 5.74) is 0. The van der Waals surface area contributed by atoms with Crippen molar-refractivity contribution in [2.75, 3.05) is 6.54 Å². The summed E-state index contributed by atoms with van der Waals surface area (Å²) in [6.07, 6.45) is 7.32. The van der Waals surface area contributed by atoms with Crippen molar-refractivity contribution in [3.05, 3.63) is 0 Å². The molecular formula is C12H24N2O. The summed E-state index contributed by atoms with van der Waals surface area (Å²) in [6, 6.07) is 0.439. The lowest BCUT2D eigenvalue weighted by atomic mass is 10.2. The molecular weight excluding hydrogens is 188 g/mol. The fourth-order valence-electron chi connectivity index (χ4n) is 1.52. The summed E-state index contributed by atoms with van der Waals surface area (Å²) in [5, 5.41) is 6.27. The molecule has 0 bridgehead atoms. The molecule has 1 rings (SSSR count). The van der Waals surface area contributed by atoms with Crippen molar-refractivity contribution < 1.29 is 4.79 Å². The molecule has 0 heterocycles. The summed E-state index contributed by atoms with van der Waals surface area (Å²) in [5.74, 6) is 0.160. The van der Waals surface area contributed by atoms with Gasteiger partial charge in [0.05, 0.1) is 6.04 Å². The Morgan fingerprint density at radius 2 is 2.07 bits per heavy atom. The van der Waals surface area contributed by atoms with Gasteiger partial charge in [0, 0.05) is 6.04 Å². The van der Waals surface area contributed by atoms with Crippen molar-refractivity contribution in [2.24, 2.45) is 0 Å². The fraction of sp³-hybridized carbons (Fsp3) is 0.917. The van der Waals surface area contributed by atoms with Crippen LogP contribution in [0.3, 0.4) is 0 Å². The van der Waals surface area contributed by atoms with E-state index in [0.717, 1.165) is 19.4 Å². The van der Waals surface area contributed by atoms with Gasteiger partial charge in [-0.1, -0.05) is 26.2 Å². The molecule has 0 aliphatic heterocycles. The molecule has 1 amide bonds. The maximum atomic E-state index is 11.5. The quantitative estimate of drug-likeness (QED) is 0.603. The molecule has 1 atom stereocenters. The van der Waals surface area contributed by atoms with Crippen LogP contribution < -0.4 is 10.6 Å². The molecule has 1 aliphatic rings. The number of rotatable bonds is 8. The smallest absolute Gasteiger partial charge is 0.237 e. The Morgan fingerprint density at radius 1 is 1.33 bits per heavy atom. The van der Waals surface area contributed by atoms with E-state index < -0.39 is 0 Å². The second kappa shape index (κ2) is 6.83. The summed E-state index contributed by atoms with van der Waals surface area (Å²) < 4.78 is 0. The minimum atomic E-state index is -0.0350. The highest BCUT2D eigenvalue weighted by Gasteiger charge is 2.25. The van der Waals surface area contributed by atoms with Gasteiger partial charge in [-0.25, -0.2) is 0 Å². The van der Waals surface area contributed by atoms with E-state index in [4.69, 9.17) is 0 Å². The minimum Gasteiger partial charge on any atom is -0.352 e. The molecule has 1 aliphatic carbocycles. The Bertz CT molecular complexity index is 190. The molecule has 3 heteroatoms. The van der Waals surface area contributed by atoms with Gasteiger partial charge in [0.1, 0.15) is 0 Å². The van der Waals surface area contributed by atoms with E-state index in [0.29, 0.717) is 6.04 Å². The Hall–Kier alpha value is -0.570. The van der Waals surface area contributed by atoms with Crippen LogP contribution in [-0.2, 0) is 4.79 Å². The third-order valence-electron chi connectivity index (χ3n) is 2.80. The zero-order chi connectivity index (χ0) is 11.1. The molecule has 1 unspecified atom stereocenters. The third kappa shape index (κ3) is 5.78. The van der Waals surface area contributed by atoms with Gasteiger partial charge >= 0.3 is 0 Å². The number of hydrogen-bond donors (Lipinski definition) is 2. The molecule has 1 fully saturated rings. The molecule has 88 valence electrons. The predicted molar refractivity (Wildman–Crippen MR) is 62.8 cm³/mol. The van der Waals surface area contributed by atoms with E-state index in [-0.39, 0.29) is 11.9 Å². The summed E-state index contributed by atoms with van der Waals surface area (Å²) in [7, 11) is 0. The molecule has 3 nitrogen and oxygen atoms in total. The molecule has 0 saturated heterocycles. The van der Waals surface area contributed by atoms with E-state index >= 15 is 0 Å². The van der Waals surface area contributed by atoms with E-state index in [1.807, 2.05) is 6.92 Å². The lowest BCUT2D eigenvalue weighted by molar-refractivity contribution is -0.122. The molecule has 0 aromatic heterocycles. The van der Waals surface area contributed by atoms with Crippen LogP contribution >= 0.6 is 0 Å². The second-order valence-corrected chi connectivity index (χ2v) is 4.52. The molecule has 0 spiro atoms.